The number of aromatic nitrogens is 3. The first-order valence-electron chi connectivity index (χ1n) is 5.08. The van der Waals surface area contributed by atoms with E-state index in [4.69, 9.17) is 11.6 Å². The lowest BCUT2D eigenvalue weighted by molar-refractivity contribution is 0.944. The number of nitrogens with zero attached hydrogens (tertiary/aromatic N) is 2. The molecule has 0 atom stereocenters. The summed E-state index contributed by atoms with van der Waals surface area (Å²) in [4.78, 5) is 21.9. The molecule has 0 aliphatic carbocycles. The van der Waals surface area contributed by atoms with Crippen molar-refractivity contribution in [1.29, 1.82) is 0 Å². The maximum atomic E-state index is 11.2. The highest BCUT2D eigenvalue weighted by atomic mass is 32.2. The lowest BCUT2D eigenvalue weighted by Crippen LogP contribution is -2.09. The van der Waals surface area contributed by atoms with Crippen LogP contribution in [0.15, 0.2) is 34.3 Å². The van der Waals surface area contributed by atoms with Crippen molar-refractivity contribution < 1.29 is 0 Å². The Morgan fingerprint density at radius 3 is 2.89 bits per heavy atom. The average Bonchev–Trinajstić information content (AvgIpc) is 2.36. The van der Waals surface area contributed by atoms with Crippen molar-refractivity contribution in [3.63, 3.8) is 0 Å². The van der Waals surface area contributed by atoms with Crippen molar-refractivity contribution in [2.45, 2.75) is 10.9 Å². The third-order valence-corrected chi connectivity index (χ3v) is 3.03. The van der Waals surface area contributed by atoms with Crippen molar-refractivity contribution in [1.82, 2.24) is 15.0 Å². The molecule has 8 heteroatoms. The number of nitrogens with one attached hydrogen (secondary N) is 2. The van der Waals surface area contributed by atoms with E-state index in [1.54, 1.807) is 12.3 Å². The molecule has 0 unspecified atom stereocenters. The second-order valence-electron chi connectivity index (χ2n) is 3.46. The van der Waals surface area contributed by atoms with Gasteiger partial charge in [-0.3, -0.25) is 4.79 Å². The Kier molecular flexibility index (Phi) is 3.80. The van der Waals surface area contributed by atoms with Crippen LogP contribution in [0.2, 0.25) is 0 Å². The molecule has 0 aliphatic heterocycles. The normalized spacial score (nSPS) is 10.3. The molecule has 2 aromatic rings. The number of nitrogen functional groups attached to an aromatic ring is 2. The third-order valence-electron chi connectivity index (χ3n) is 2.09. The number of thioether (sulfide) groups is 1. The quantitative estimate of drug-likeness (QED) is 0.271. The number of pyridine rings is 1. The van der Waals surface area contributed by atoms with E-state index in [1.807, 2.05) is 6.07 Å². The number of hydrazine groups is 1. The van der Waals surface area contributed by atoms with E-state index in [9.17, 15) is 4.79 Å². The largest absolute Gasteiger partial charge is 0.383 e. The van der Waals surface area contributed by atoms with Crippen LogP contribution in [0, 0.1) is 0 Å². The minimum atomic E-state index is -0.259. The molecule has 0 saturated carbocycles. The summed E-state index contributed by atoms with van der Waals surface area (Å²) in [5.74, 6) is 6.65. The van der Waals surface area contributed by atoms with E-state index in [2.05, 4.69) is 20.4 Å². The van der Waals surface area contributed by atoms with Gasteiger partial charge in [-0.25, -0.2) is 15.8 Å². The Bertz CT molecular complexity index is 582. The van der Waals surface area contributed by atoms with E-state index in [-0.39, 0.29) is 11.4 Å². The Balaban J connectivity index is 2.04. The molecular weight excluding hydrogens is 252 g/mol. The minimum Gasteiger partial charge on any atom is -0.383 e. The maximum Gasteiger partial charge on any atom is 0.253 e. The molecule has 0 aliphatic rings. The van der Waals surface area contributed by atoms with Gasteiger partial charge >= 0.3 is 0 Å². The average molecular weight is 264 g/mol. The van der Waals surface area contributed by atoms with E-state index in [1.165, 1.54) is 17.8 Å². The van der Waals surface area contributed by atoms with Crippen LogP contribution < -0.4 is 22.6 Å². The van der Waals surface area contributed by atoms with Gasteiger partial charge in [0.15, 0.2) is 5.16 Å². The van der Waals surface area contributed by atoms with Gasteiger partial charge in [0.25, 0.3) is 5.56 Å². The highest BCUT2D eigenvalue weighted by Gasteiger charge is 2.01. The maximum absolute atomic E-state index is 11.2. The Hall–Kier alpha value is -2.06. The van der Waals surface area contributed by atoms with Gasteiger partial charge in [-0.05, 0) is 11.6 Å². The second kappa shape index (κ2) is 5.52. The van der Waals surface area contributed by atoms with E-state index < -0.39 is 0 Å². The fourth-order valence-electron chi connectivity index (χ4n) is 1.27. The van der Waals surface area contributed by atoms with Crippen molar-refractivity contribution in [3.8, 4) is 0 Å². The van der Waals surface area contributed by atoms with Crippen LogP contribution in [0.5, 0.6) is 0 Å². The highest BCUT2D eigenvalue weighted by molar-refractivity contribution is 7.98. The minimum absolute atomic E-state index is 0.210. The summed E-state index contributed by atoms with van der Waals surface area (Å²) >= 11 is 1.38. The summed E-state index contributed by atoms with van der Waals surface area (Å²) in [6.07, 6.45) is 1.70. The number of hydrogen-bond acceptors (Lipinski definition) is 7. The lowest BCUT2D eigenvalue weighted by Gasteiger charge is -2.03. The Labute approximate surface area is 107 Å². The molecule has 0 fully saturated rings. The van der Waals surface area contributed by atoms with Crippen LogP contribution >= 0.6 is 11.8 Å². The van der Waals surface area contributed by atoms with Crippen LogP contribution in [0.4, 0.5) is 11.6 Å². The summed E-state index contributed by atoms with van der Waals surface area (Å²) in [6.45, 7) is 0. The van der Waals surface area contributed by atoms with Gasteiger partial charge in [0.2, 0.25) is 0 Å². The number of aromatic amines is 1. The smallest absolute Gasteiger partial charge is 0.253 e. The fourth-order valence-corrected chi connectivity index (χ4v) is 2.09. The fraction of sp³-hybridized carbons (Fsp3) is 0.100. The van der Waals surface area contributed by atoms with Crippen LogP contribution in [-0.2, 0) is 5.75 Å². The van der Waals surface area contributed by atoms with Gasteiger partial charge in [-0.2, -0.15) is 0 Å². The van der Waals surface area contributed by atoms with Gasteiger partial charge in [0, 0.05) is 18.0 Å². The monoisotopic (exact) mass is 264 g/mol. The number of rotatable bonds is 4. The predicted molar refractivity (Wildman–Crippen MR) is 70.9 cm³/mol. The summed E-state index contributed by atoms with van der Waals surface area (Å²) in [5.41, 5.74) is 8.67. The van der Waals surface area contributed by atoms with Crippen LogP contribution in [-0.4, -0.2) is 15.0 Å². The van der Waals surface area contributed by atoms with Gasteiger partial charge in [0.1, 0.15) is 11.6 Å². The standard InChI is InChI=1S/C10H12N6OS/c11-7-3-9(17)15-10(14-7)18-5-6-1-2-8(16-12)13-4-6/h1-4H,5,12H2,(H,13,16)(H3,11,14,15,17). The first-order valence-corrected chi connectivity index (χ1v) is 6.07. The molecule has 0 amide bonds. The number of anilines is 2. The number of hydrogen-bond donors (Lipinski definition) is 4. The van der Waals surface area contributed by atoms with E-state index in [0.29, 0.717) is 16.7 Å². The zero-order valence-electron chi connectivity index (χ0n) is 9.38. The molecule has 6 N–H and O–H groups in total. The van der Waals surface area contributed by atoms with Gasteiger partial charge in [0.05, 0.1) is 0 Å². The second-order valence-corrected chi connectivity index (χ2v) is 4.42. The molecule has 7 nitrogen and oxygen atoms in total. The molecule has 2 heterocycles. The highest BCUT2D eigenvalue weighted by Crippen LogP contribution is 2.18. The van der Waals surface area contributed by atoms with Crippen LogP contribution in [0.3, 0.4) is 0 Å². The lowest BCUT2D eigenvalue weighted by atomic mass is 10.3. The summed E-state index contributed by atoms with van der Waals surface area (Å²) in [5, 5.41) is 0.487. The molecule has 2 rings (SSSR count). The first-order chi connectivity index (χ1) is 8.67. The molecule has 0 spiro atoms. The first kappa shape index (κ1) is 12.4. The summed E-state index contributed by atoms with van der Waals surface area (Å²) in [6, 6.07) is 4.90. The molecule has 0 aromatic carbocycles. The van der Waals surface area contributed by atoms with E-state index in [0.717, 1.165) is 5.56 Å². The SMILES string of the molecule is NNc1ccc(CSc2nc(N)cc(=O)[nH]2)cn1. The van der Waals surface area contributed by atoms with Gasteiger partial charge in [-0.15, -0.1) is 0 Å². The van der Waals surface area contributed by atoms with Gasteiger partial charge < -0.3 is 16.1 Å². The molecule has 0 radical (unpaired) electrons. The van der Waals surface area contributed by atoms with Crippen molar-refractivity contribution in [3.05, 3.63) is 40.3 Å². The number of nitrogens with two attached hydrogens (primary N) is 2. The Morgan fingerprint density at radius 2 is 2.28 bits per heavy atom. The summed E-state index contributed by atoms with van der Waals surface area (Å²) in [7, 11) is 0. The molecule has 18 heavy (non-hydrogen) atoms. The Morgan fingerprint density at radius 1 is 1.44 bits per heavy atom. The topological polar surface area (TPSA) is 123 Å². The van der Waals surface area contributed by atoms with Crippen LogP contribution in [0.1, 0.15) is 5.56 Å². The third kappa shape index (κ3) is 3.22. The number of H-pyrrole nitrogens is 1. The molecule has 0 bridgehead atoms. The van der Waals surface area contributed by atoms with E-state index >= 15 is 0 Å². The van der Waals surface area contributed by atoms with Crippen molar-refractivity contribution in [2.75, 3.05) is 11.2 Å². The van der Waals surface area contributed by atoms with Crippen molar-refractivity contribution >= 4 is 23.4 Å². The van der Waals surface area contributed by atoms with Crippen molar-refractivity contribution in [2.24, 2.45) is 5.84 Å². The zero-order valence-corrected chi connectivity index (χ0v) is 10.2. The predicted octanol–water partition coefficient (Wildman–Crippen LogP) is 0.325. The van der Waals surface area contributed by atoms with Crippen LogP contribution in [0.25, 0.3) is 0 Å². The molecule has 94 valence electrons. The molecular formula is C10H12N6OS. The zero-order chi connectivity index (χ0) is 13.0. The van der Waals surface area contributed by atoms with Gasteiger partial charge in [-0.1, -0.05) is 17.8 Å². The molecule has 2 aromatic heterocycles. The summed E-state index contributed by atoms with van der Waals surface area (Å²) < 4.78 is 0. The molecule has 0 saturated heterocycles.